The number of hydrogen-bond acceptors (Lipinski definition) is 9. The molecule has 12 heteroatoms. The van der Waals surface area contributed by atoms with E-state index in [0.29, 0.717) is 29.8 Å². The Morgan fingerprint density at radius 3 is 2.46 bits per heavy atom. The van der Waals surface area contributed by atoms with Crippen LogP contribution in [-0.2, 0) is 25.2 Å². The van der Waals surface area contributed by atoms with E-state index in [-0.39, 0.29) is 48.8 Å². The number of aromatic nitrogens is 1. The number of carbonyl (C=O) groups is 3. The molecule has 2 unspecified atom stereocenters. The van der Waals surface area contributed by atoms with Crippen molar-refractivity contribution in [3.8, 4) is 0 Å². The highest BCUT2D eigenvalue weighted by molar-refractivity contribution is 7.92. The standard InChI is InChI=1S/C29H30N4O6S2/c34-26(29-33-23-8-4-5-9-24(23)39-29)22(20-6-2-1-3-7-20)10-12-31-28(36)25(16-32-27(35)21-14-30-15-21)41(37,38)18-19-11-13-40-17-19/h1-9,11,13,17,21-22,25,30H,10,12,14-16,18H2,(H,31,36)(H,32,35). The van der Waals surface area contributed by atoms with Gasteiger partial charge in [-0.05, 0) is 46.5 Å². The molecular weight excluding hydrogens is 564 g/mol. The van der Waals surface area contributed by atoms with Crippen LogP contribution >= 0.6 is 11.3 Å². The van der Waals surface area contributed by atoms with E-state index in [9.17, 15) is 22.8 Å². The molecule has 5 rings (SSSR count). The maximum Gasteiger partial charge on any atom is 0.264 e. The average Bonchev–Trinajstić information content (AvgIpc) is 3.60. The fourth-order valence-corrected chi connectivity index (χ4v) is 6.98. The molecule has 214 valence electrons. The summed E-state index contributed by atoms with van der Waals surface area (Å²) in [7, 11) is -3.96. The Bertz CT molecular complexity index is 1580. The highest BCUT2D eigenvalue weighted by Crippen LogP contribution is 2.26. The molecule has 0 aliphatic carbocycles. The molecule has 0 saturated carbocycles. The number of sulfone groups is 1. The van der Waals surface area contributed by atoms with Gasteiger partial charge < -0.3 is 20.4 Å². The predicted molar refractivity (Wildman–Crippen MR) is 155 cm³/mol. The zero-order valence-electron chi connectivity index (χ0n) is 22.1. The molecule has 1 aliphatic rings. The molecule has 1 saturated heterocycles. The van der Waals surface area contributed by atoms with Crippen molar-refractivity contribution < 1.29 is 27.2 Å². The quantitative estimate of drug-likeness (QED) is 0.200. The largest absolute Gasteiger partial charge is 0.434 e. The predicted octanol–water partition coefficient (Wildman–Crippen LogP) is 2.68. The summed E-state index contributed by atoms with van der Waals surface area (Å²) in [4.78, 5) is 43.6. The Hall–Kier alpha value is -3.87. The lowest BCUT2D eigenvalue weighted by Gasteiger charge is -2.27. The number of thiophene rings is 1. The number of rotatable bonds is 13. The maximum atomic E-state index is 13.5. The average molecular weight is 595 g/mol. The van der Waals surface area contributed by atoms with E-state index in [1.807, 2.05) is 30.3 Å². The first kappa shape index (κ1) is 28.7. The Balaban J connectivity index is 1.29. The minimum absolute atomic E-state index is 0.0231. The van der Waals surface area contributed by atoms with Crippen LogP contribution in [0.25, 0.3) is 11.1 Å². The van der Waals surface area contributed by atoms with Gasteiger partial charge in [0.05, 0.1) is 17.6 Å². The van der Waals surface area contributed by atoms with Crippen LogP contribution in [0.15, 0.2) is 75.8 Å². The number of ketones is 1. The van der Waals surface area contributed by atoms with E-state index >= 15 is 0 Å². The summed E-state index contributed by atoms with van der Waals surface area (Å²) in [5, 5.41) is 10.3. The Morgan fingerprint density at radius 2 is 1.78 bits per heavy atom. The van der Waals surface area contributed by atoms with E-state index in [0.717, 1.165) is 5.56 Å². The number of para-hydroxylation sites is 2. The molecule has 3 heterocycles. The van der Waals surface area contributed by atoms with E-state index in [2.05, 4.69) is 20.9 Å². The van der Waals surface area contributed by atoms with Crippen molar-refractivity contribution in [2.45, 2.75) is 23.3 Å². The zero-order valence-corrected chi connectivity index (χ0v) is 23.7. The Labute approximate surface area is 241 Å². The van der Waals surface area contributed by atoms with Crippen LogP contribution in [0.4, 0.5) is 0 Å². The normalized spacial score (nSPS) is 15.1. The number of nitrogens with zero attached hydrogens (tertiary/aromatic N) is 1. The van der Waals surface area contributed by atoms with Gasteiger partial charge in [-0.3, -0.25) is 14.4 Å². The summed E-state index contributed by atoms with van der Waals surface area (Å²) in [6.07, 6.45) is 0.185. The summed E-state index contributed by atoms with van der Waals surface area (Å²) >= 11 is 1.36. The number of amides is 2. The van der Waals surface area contributed by atoms with Crippen molar-refractivity contribution in [3.05, 3.63) is 88.4 Å². The monoisotopic (exact) mass is 594 g/mol. The van der Waals surface area contributed by atoms with E-state index in [1.54, 1.807) is 41.1 Å². The fourth-order valence-electron chi connectivity index (χ4n) is 4.62. The molecule has 1 fully saturated rings. The minimum atomic E-state index is -3.96. The van der Waals surface area contributed by atoms with Crippen molar-refractivity contribution >= 4 is 49.9 Å². The third-order valence-corrected chi connectivity index (χ3v) is 9.76. The molecule has 2 aromatic carbocycles. The first-order valence-electron chi connectivity index (χ1n) is 13.3. The number of nitrogens with one attached hydrogen (secondary N) is 3. The SMILES string of the molecule is O=C(NCC(C(=O)NCCC(C(=O)c1nc2ccccc2o1)c1ccccc1)S(=O)(=O)Cc1ccsc1)C1CNC1. The van der Waals surface area contributed by atoms with Gasteiger partial charge in [-0.2, -0.15) is 11.3 Å². The molecule has 2 aromatic heterocycles. The molecule has 0 radical (unpaired) electrons. The maximum absolute atomic E-state index is 13.5. The minimum Gasteiger partial charge on any atom is -0.434 e. The van der Waals surface area contributed by atoms with Gasteiger partial charge in [0.25, 0.3) is 5.89 Å². The van der Waals surface area contributed by atoms with Gasteiger partial charge in [-0.1, -0.05) is 42.5 Å². The second-order valence-electron chi connectivity index (χ2n) is 9.92. The van der Waals surface area contributed by atoms with Gasteiger partial charge in [-0.25, -0.2) is 13.4 Å². The van der Waals surface area contributed by atoms with Crippen LogP contribution in [0.3, 0.4) is 0 Å². The van der Waals surface area contributed by atoms with Crippen LogP contribution in [0.5, 0.6) is 0 Å². The highest BCUT2D eigenvalue weighted by atomic mass is 32.2. The second-order valence-corrected chi connectivity index (χ2v) is 12.9. The Morgan fingerprint density at radius 1 is 1.02 bits per heavy atom. The summed E-state index contributed by atoms with van der Waals surface area (Å²) in [5.41, 5.74) is 2.36. The second kappa shape index (κ2) is 12.8. The fraction of sp³-hybridized carbons (Fsp3) is 0.310. The molecule has 41 heavy (non-hydrogen) atoms. The number of oxazole rings is 1. The summed E-state index contributed by atoms with van der Waals surface area (Å²) in [6.45, 7) is 0.714. The van der Waals surface area contributed by atoms with Crippen molar-refractivity contribution in [3.63, 3.8) is 0 Å². The lowest BCUT2D eigenvalue weighted by molar-refractivity contribution is -0.126. The van der Waals surface area contributed by atoms with Crippen LogP contribution in [0.2, 0.25) is 0 Å². The number of Topliss-reactive ketones (excluding diaryl/α,β-unsaturated/α-hetero) is 1. The zero-order chi connectivity index (χ0) is 28.8. The molecule has 3 N–H and O–H groups in total. The third-order valence-electron chi connectivity index (χ3n) is 7.04. The van der Waals surface area contributed by atoms with Crippen molar-refractivity contribution in [1.29, 1.82) is 0 Å². The van der Waals surface area contributed by atoms with Crippen molar-refractivity contribution in [1.82, 2.24) is 20.9 Å². The molecular formula is C29H30N4O6S2. The van der Waals surface area contributed by atoms with Gasteiger partial charge >= 0.3 is 0 Å². The van der Waals surface area contributed by atoms with Crippen LogP contribution in [0, 0.1) is 5.92 Å². The van der Waals surface area contributed by atoms with Crippen molar-refractivity contribution in [2.75, 3.05) is 26.2 Å². The molecule has 4 aromatic rings. The molecule has 0 bridgehead atoms. The van der Waals surface area contributed by atoms with Crippen LogP contribution < -0.4 is 16.0 Å². The molecule has 1 aliphatic heterocycles. The highest BCUT2D eigenvalue weighted by Gasteiger charge is 2.35. The van der Waals surface area contributed by atoms with Gasteiger partial charge in [-0.15, -0.1) is 0 Å². The molecule has 0 spiro atoms. The van der Waals surface area contributed by atoms with Crippen molar-refractivity contribution in [2.24, 2.45) is 5.92 Å². The topological polar surface area (TPSA) is 147 Å². The first-order chi connectivity index (χ1) is 19.8. The van der Waals surface area contributed by atoms with Gasteiger partial charge in [0.2, 0.25) is 17.6 Å². The van der Waals surface area contributed by atoms with E-state index < -0.39 is 26.9 Å². The number of fused-ring (bicyclic) bond motifs is 1. The summed E-state index contributed by atoms with van der Waals surface area (Å²) in [5.74, 6) is -2.65. The van der Waals surface area contributed by atoms with Gasteiger partial charge in [0.1, 0.15) is 5.52 Å². The third kappa shape index (κ3) is 6.89. The van der Waals surface area contributed by atoms with Crippen LogP contribution in [-0.4, -0.2) is 62.4 Å². The summed E-state index contributed by atoms with van der Waals surface area (Å²) < 4.78 is 32.3. The van der Waals surface area contributed by atoms with E-state index in [1.165, 1.54) is 11.3 Å². The molecule has 10 nitrogen and oxygen atoms in total. The molecule has 2 atom stereocenters. The summed E-state index contributed by atoms with van der Waals surface area (Å²) in [6, 6.07) is 17.9. The lowest BCUT2D eigenvalue weighted by atomic mass is 9.91. The first-order valence-corrected chi connectivity index (χ1v) is 15.9. The lowest BCUT2D eigenvalue weighted by Crippen LogP contribution is -2.54. The van der Waals surface area contributed by atoms with Crippen LogP contribution in [0.1, 0.15) is 34.2 Å². The van der Waals surface area contributed by atoms with E-state index in [4.69, 9.17) is 4.42 Å². The number of carbonyl (C=O) groups excluding carboxylic acids is 3. The Kier molecular flexibility index (Phi) is 8.91. The molecule has 2 amide bonds. The van der Waals surface area contributed by atoms with Gasteiger partial charge in [0.15, 0.2) is 20.7 Å². The number of hydrogen-bond donors (Lipinski definition) is 3. The number of benzene rings is 2. The smallest absolute Gasteiger partial charge is 0.264 e. The van der Waals surface area contributed by atoms with Gasteiger partial charge in [0, 0.05) is 26.2 Å².